The zero-order valence-electron chi connectivity index (χ0n) is 13.7. The fourth-order valence-corrected chi connectivity index (χ4v) is 2.98. The van der Waals surface area contributed by atoms with Crippen LogP contribution in [0.1, 0.15) is 41.8 Å². The van der Waals surface area contributed by atoms with E-state index in [9.17, 15) is 4.79 Å². The molecule has 5 nitrogen and oxygen atoms in total. The molecule has 0 fully saturated rings. The maximum absolute atomic E-state index is 12.3. The lowest BCUT2D eigenvalue weighted by atomic mass is 9.97. The van der Waals surface area contributed by atoms with Crippen LogP contribution in [0.5, 0.6) is 0 Å². The highest BCUT2D eigenvalue weighted by molar-refractivity contribution is 5.85. The molecule has 2 heterocycles. The number of amides is 1. The number of aromatic amines is 2. The largest absolute Gasteiger partial charge is 0.361 e. The van der Waals surface area contributed by atoms with Gasteiger partial charge in [0.25, 0.3) is 0 Å². The van der Waals surface area contributed by atoms with Crippen LogP contribution in [0.4, 0.5) is 0 Å². The van der Waals surface area contributed by atoms with Crippen molar-refractivity contribution in [3.63, 3.8) is 0 Å². The molecule has 1 aromatic carbocycles. The van der Waals surface area contributed by atoms with Crippen molar-refractivity contribution in [2.45, 2.75) is 39.7 Å². The van der Waals surface area contributed by atoms with Gasteiger partial charge in [-0.3, -0.25) is 9.89 Å². The van der Waals surface area contributed by atoms with Gasteiger partial charge in [-0.2, -0.15) is 5.10 Å². The average molecular weight is 310 g/mol. The predicted octanol–water partition coefficient (Wildman–Crippen LogP) is 3.32. The van der Waals surface area contributed by atoms with E-state index in [0.717, 1.165) is 22.5 Å². The van der Waals surface area contributed by atoms with Crippen molar-refractivity contribution in [2.75, 3.05) is 0 Å². The molecule has 1 amide bonds. The van der Waals surface area contributed by atoms with Crippen LogP contribution in [0.3, 0.4) is 0 Å². The second-order valence-electron chi connectivity index (χ2n) is 6.08. The lowest BCUT2D eigenvalue weighted by molar-refractivity contribution is -0.121. The second kappa shape index (κ2) is 6.28. The Morgan fingerprint density at radius 3 is 2.83 bits per heavy atom. The zero-order chi connectivity index (χ0) is 16.4. The summed E-state index contributed by atoms with van der Waals surface area (Å²) in [5, 5.41) is 11.3. The van der Waals surface area contributed by atoms with Crippen molar-refractivity contribution in [3.05, 3.63) is 53.0 Å². The van der Waals surface area contributed by atoms with Crippen LogP contribution in [0.15, 0.2) is 30.5 Å². The molecule has 0 aliphatic rings. The quantitative estimate of drug-likeness (QED) is 0.676. The van der Waals surface area contributed by atoms with Crippen LogP contribution in [-0.4, -0.2) is 21.1 Å². The zero-order valence-corrected chi connectivity index (χ0v) is 13.7. The molecule has 0 saturated carbocycles. The van der Waals surface area contributed by atoms with E-state index in [0.29, 0.717) is 13.0 Å². The Labute approximate surface area is 135 Å². The molecule has 23 heavy (non-hydrogen) atoms. The van der Waals surface area contributed by atoms with Crippen LogP contribution in [0.2, 0.25) is 0 Å². The molecule has 1 unspecified atom stereocenters. The van der Waals surface area contributed by atoms with E-state index >= 15 is 0 Å². The minimum absolute atomic E-state index is 0.0581. The van der Waals surface area contributed by atoms with E-state index < -0.39 is 0 Å². The number of rotatable bonds is 5. The van der Waals surface area contributed by atoms with Gasteiger partial charge in [-0.25, -0.2) is 0 Å². The summed E-state index contributed by atoms with van der Waals surface area (Å²) in [6, 6.07) is 8.18. The van der Waals surface area contributed by atoms with E-state index in [2.05, 4.69) is 39.6 Å². The molecule has 120 valence electrons. The monoisotopic (exact) mass is 310 g/mol. The van der Waals surface area contributed by atoms with Gasteiger partial charge >= 0.3 is 0 Å². The van der Waals surface area contributed by atoms with Gasteiger partial charge < -0.3 is 10.3 Å². The van der Waals surface area contributed by atoms with Crippen molar-refractivity contribution in [2.24, 2.45) is 0 Å². The molecule has 0 aliphatic heterocycles. The van der Waals surface area contributed by atoms with E-state index in [1.807, 2.05) is 32.2 Å². The topological polar surface area (TPSA) is 73.6 Å². The third-order valence-corrected chi connectivity index (χ3v) is 4.39. The number of para-hydroxylation sites is 1. The summed E-state index contributed by atoms with van der Waals surface area (Å²) in [6.45, 7) is 6.52. The first-order chi connectivity index (χ1) is 11.1. The average Bonchev–Trinajstić information content (AvgIpc) is 3.09. The Morgan fingerprint density at radius 2 is 2.09 bits per heavy atom. The Kier molecular flexibility index (Phi) is 4.19. The number of carbonyl (C=O) groups is 1. The first kappa shape index (κ1) is 15.3. The third-order valence-electron chi connectivity index (χ3n) is 4.39. The molecule has 5 heteroatoms. The van der Waals surface area contributed by atoms with Crippen LogP contribution < -0.4 is 5.32 Å². The van der Waals surface area contributed by atoms with Gasteiger partial charge in [0.05, 0.1) is 5.69 Å². The predicted molar refractivity (Wildman–Crippen MR) is 91.2 cm³/mol. The summed E-state index contributed by atoms with van der Waals surface area (Å²) >= 11 is 0. The van der Waals surface area contributed by atoms with Gasteiger partial charge in [-0.1, -0.05) is 25.1 Å². The van der Waals surface area contributed by atoms with Crippen molar-refractivity contribution in [1.29, 1.82) is 0 Å². The van der Waals surface area contributed by atoms with Gasteiger partial charge in [0.1, 0.15) is 0 Å². The molecule has 0 spiro atoms. The van der Waals surface area contributed by atoms with Crippen molar-refractivity contribution < 1.29 is 4.79 Å². The molecule has 3 aromatic rings. The number of nitrogens with zero attached hydrogens (tertiary/aromatic N) is 1. The highest BCUT2D eigenvalue weighted by Gasteiger charge is 2.15. The minimum Gasteiger partial charge on any atom is -0.361 e. The van der Waals surface area contributed by atoms with E-state index in [4.69, 9.17) is 0 Å². The molecular formula is C18H22N4O. The number of nitrogens with one attached hydrogen (secondary N) is 3. The number of fused-ring (bicyclic) bond motifs is 1. The van der Waals surface area contributed by atoms with Crippen LogP contribution in [0, 0.1) is 13.8 Å². The minimum atomic E-state index is 0.0581. The summed E-state index contributed by atoms with van der Waals surface area (Å²) in [7, 11) is 0. The van der Waals surface area contributed by atoms with Crippen molar-refractivity contribution in [3.8, 4) is 0 Å². The SMILES string of the molecule is Cc1n[nH]c(C)c1CNC(=O)CC(C)c1c[nH]c2ccccc12. The highest BCUT2D eigenvalue weighted by atomic mass is 16.1. The molecule has 1 atom stereocenters. The molecular weight excluding hydrogens is 288 g/mol. The number of aromatic nitrogens is 3. The summed E-state index contributed by atoms with van der Waals surface area (Å²) in [5.41, 5.74) is 5.31. The number of H-pyrrole nitrogens is 2. The van der Waals surface area contributed by atoms with E-state index in [-0.39, 0.29) is 11.8 Å². The van der Waals surface area contributed by atoms with E-state index in [1.165, 1.54) is 10.9 Å². The summed E-state index contributed by atoms with van der Waals surface area (Å²) < 4.78 is 0. The van der Waals surface area contributed by atoms with Gasteiger partial charge in [-0.15, -0.1) is 0 Å². The van der Waals surface area contributed by atoms with Crippen molar-refractivity contribution in [1.82, 2.24) is 20.5 Å². The van der Waals surface area contributed by atoms with Gasteiger partial charge in [-0.05, 0) is 31.4 Å². The molecule has 0 aliphatic carbocycles. The van der Waals surface area contributed by atoms with Crippen LogP contribution in [0.25, 0.3) is 10.9 Å². The van der Waals surface area contributed by atoms with Gasteiger partial charge in [0.2, 0.25) is 5.91 Å². The molecule has 0 bridgehead atoms. The first-order valence-electron chi connectivity index (χ1n) is 7.89. The number of carbonyl (C=O) groups excluding carboxylic acids is 1. The van der Waals surface area contributed by atoms with Gasteiger partial charge in [0.15, 0.2) is 0 Å². The fourth-order valence-electron chi connectivity index (χ4n) is 2.98. The smallest absolute Gasteiger partial charge is 0.220 e. The standard InChI is InChI=1S/C18H22N4O/c1-11(15-9-19-17-7-5-4-6-14(15)17)8-18(23)20-10-16-12(2)21-22-13(16)3/h4-7,9,11,19H,8,10H2,1-3H3,(H,20,23)(H,21,22). The third kappa shape index (κ3) is 3.13. The second-order valence-corrected chi connectivity index (χ2v) is 6.08. The number of benzene rings is 1. The normalized spacial score (nSPS) is 12.5. The summed E-state index contributed by atoms with van der Waals surface area (Å²) in [4.78, 5) is 15.5. The number of aryl methyl sites for hydroxylation is 2. The molecule has 0 radical (unpaired) electrons. The Morgan fingerprint density at radius 1 is 1.30 bits per heavy atom. The summed E-state index contributed by atoms with van der Waals surface area (Å²) in [6.07, 6.45) is 2.48. The number of hydrogen-bond acceptors (Lipinski definition) is 2. The Hall–Kier alpha value is -2.56. The van der Waals surface area contributed by atoms with Crippen molar-refractivity contribution >= 4 is 16.8 Å². The van der Waals surface area contributed by atoms with Crippen LogP contribution in [-0.2, 0) is 11.3 Å². The first-order valence-corrected chi connectivity index (χ1v) is 7.89. The van der Waals surface area contributed by atoms with Gasteiger partial charge in [0, 0.05) is 41.3 Å². The maximum atomic E-state index is 12.3. The Balaban J connectivity index is 1.63. The summed E-state index contributed by atoms with van der Waals surface area (Å²) in [5.74, 6) is 0.223. The Bertz CT molecular complexity index is 811. The van der Waals surface area contributed by atoms with E-state index in [1.54, 1.807) is 0 Å². The number of hydrogen-bond donors (Lipinski definition) is 3. The van der Waals surface area contributed by atoms with Crippen LogP contribution >= 0.6 is 0 Å². The molecule has 2 aromatic heterocycles. The molecule has 3 rings (SSSR count). The fraction of sp³-hybridized carbons (Fsp3) is 0.333. The molecule has 3 N–H and O–H groups in total. The highest BCUT2D eigenvalue weighted by Crippen LogP contribution is 2.27. The lowest BCUT2D eigenvalue weighted by Gasteiger charge is -2.11. The molecule has 0 saturated heterocycles. The maximum Gasteiger partial charge on any atom is 0.220 e. The lowest BCUT2D eigenvalue weighted by Crippen LogP contribution is -2.24.